The van der Waals surface area contributed by atoms with Crippen LogP contribution in [0.3, 0.4) is 0 Å². The molecular weight excluding hydrogens is 282 g/mol. The van der Waals surface area contributed by atoms with Crippen molar-refractivity contribution in [2.45, 2.75) is 19.8 Å². The van der Waals surface area contributed by atoms with Crippen molar-refractivity contribution in [1.29, 1.82) is 0 Å². The first-order valence-electron chi connectivity index (χ1n) is 7.25. The van der Waals surface area contributed by atoms with Gasteiger partial charge in [0.1, 0.15) is 0 Å². The molecule has 1 saturated carbocycles. The molecule has 0 radical (unpaired) electrons. The van der Waals surface area contributed by atoms with E-state index in [1.807, 2.05) is 19.1 Å². The molecule has 2 N–H and O–H groups in total. The second-order valence-corrected chi connectivity index (χ2v) is 5.58. The number of carbonyl (C=O) groups is 2. The number of hydrogen-bond donors (Lipinski definition) is 2. The highest BCUT2D eigenvalue weighted by molar-refractivity contribution is 5.94. The highest BCUT2D eigenvalue weighted by atomic mass is 16.4. The van der Waals surface area contributed by atoms with Crippen LogP contribution < -0.4 is 5.32 Å². The molecule has 1 atom stereocenters. The molecular formula is C16H17N3O3. The van der Waals surface area contributed by atoms with Crippen LogP contribution in [-0.4, -0.2) is 26.8 Å². The van der Waals surface area contributed by atoms with Gasteiger partial charge in [0.2, 0.25) is 5.91 Å². The van der Waals surface area contributed by atoms with Crippen LogP contribution in [0, 0.1) is 11.8 Å². The maximum Gasteiger partial charge on any atom is 0.356 e. The second-order valence-electron chi connectivity index (χ2n) is 5.58. The number of benzene rings is 1. The molecule has 1 fully saturated rings. The molecule has 1 aromatic carbocycles. The molecule has 1 unspecified atom stereocenters. The van der Waals surface area contributed by atoms with Crippen LogP contribution in [0.15, 0.2) is 36.5 Å². The van der Waals surface area contributed by atoms with E-state index in [1.165, 1.54) is 10.7 Å². The summed E-state index contributed by atoms with van der Waals surface area (Å²) in [5.41, 5.74) is 1.24. The number of aromatic nitrogens is 2. The zero-order chi connectivity index (χ0) is 15.7. The normalized spacial score (nSPS) is 15.3. The van der Waals surface area contributed by atoms with Crippen molar-refractivity contribution in [2.75, 3.05) is 5.32 Å². The number of carboxylic acids is 1. The molecule has 1 heterocycles. The van der Waals surface area contributed by atoms with Crippen molar-refractivity contribution in [3.05, 3.63) is 42.2 Å². The number of carboxylic acid groups (broad SMARTS) is 1. The smallest absolute Gasteiger partial charge is 0.356 e. The molecule has 1 amide bonds. The van der Waals surface area contributed by atoms with E-state index < -0.39 is 5.97 Å². The van der Waals surface area contributed by atoms with Gasteiger partial charge in [-0.25, -0.2) is 9.48 Å². The van der Waals surface area contributed by atoms with Gasteiger partial charge in [0.15, 0.2) is 5.69 Å². The molecule has 1 aliphatic carbocycles. The molecule has 0 saturated heterocycles. The monoisotopic (exact) mass is 299 g/mol. The first-order valence-corrected chi connectivity index (χ1v) is 7.25. The Morgan fingerprint density at radius 1 is 1.32 bits per heavy atom. The fourth-order valence-electron chi connectivity index (χ4n) is 2.41. The number of carbonyl (C=O) groups excluding carboxylic acids is 1. The standard InChI is InChI=1S/C16H17N3O3/c1-10(11-6-7-11)15(20)17-12-4-2-3-5-14(12)19-9-8-13(18-19)16(21)22/h2-5,8-11H,6-7H2,1H3,(H,17,20)(H,21,22). The minimum Gasteiger partial charge on any atom is -0.476 e. The van der Waals surface area contributed by atoms with E-state index in [-0.39, 0.29) is 17.5 Å². The average molecular weight is 299 g/mol. The Kier molecular flexibility index (Phi) is 3.66. The third-order valence-corrected chi connectivity index (χ3v) is 3.96. The largest absolute Gasteiger partial charge is 0.476 e. The summed E-state index contributed by atoms with van der Waals surface area (Å²) in [4.78, 5) is 23.2. The molecule has 0 aliphatic heterocycles. The topological polar surface area (TPSA) is 84.2 Å². The molecule has 3 rings (SSSR count). The lowest BCUT2D eigenvalue weighted by Crippen LogP contribution is -2.22. The quantitative estimate of drug-likeness (QED) is 0.888. The van der Waals surface area contributed by atoms with Gasteiger partial charge in [0.05, 0.1) is 11.4 Å². The maximum absolute atomic E-state index is 12.3. The zero-order valence-electron chi connectivity index (χ0n) is 12.2. The van der Waals surface area contributed by atoms with Crippen LogP contribution in [0.1, 0.15) is 30.3 Å². The molecule has 22 heavy (non-hydrogen) atoms. The number of para-hydroxylation sites is 2. The van der Waals surface area contributed by atoms with Crippen molar-refractivity contribution in [3.63, 3.8) is 0 Å². The Bertz CT molecular complexity index is 719. The van der Waals surface area contributed by atoms with Crippen molar-refractivity contribution in [2.24, 2.45) is 11.8 Å². The highest BCUT2D eigenvalue weighted by Crippen LogP contribution is 2.37. The summed E-state index contributed by atoms with van der Waals surface area (Å²) in [6, 6.07) is 8.64. The van der Waals surface area contributed by atoms with Crippen LogP contribution in [0.25, 0.3) is 5.69 Å². The van der Waals surface area contributed by atoms with Crippen LogP contribution in [-0.2, 0) is 4.79 Å². The fraction of sp³-hybridized carbons (Fsp3) is 0.312. The predicted octanol–water partition coefficient (Wildman–Crippen LogP) is 2.56. The number of amides is 1. The van der Waals surface area contributed by atoms with Gasteiger partial charge in [-0.05, 0) is 37.0 Å². The molecule has 114 valence electrons. The van der Waals surface area contributed by atoms with Crippen molar-refractivity contribution < 1.29 is 14.7 Å². The molecule has 6 nitrogen and oxygen atoms in total. The summed E-state index contributed by atoms with van der Waals surface area (Å²) >= 11 is 0. The third-order valence-electron chi connectivity index (χ3n) is 3.96. The van der Waals surface area contributed by atoms with E-state index >= 15 is 0 Å². The minimum atomic E-state index is -1.08. The van der Waals surface area contributed by atoms with Crippen molar-refractivity contribution in [1.82, 2.24) is 9.78 Å². The first kappa shape index (κ1) is 14.3. The SMILES string of the molecule is CC(C(=O)Nc1ccccc1-n1ccc(C(=O)O)n1)C1CC1. The van der Waals surface area contributed by atoms with Gasteiger partial charge in [-0.15, -0.1) is 0 Å². The number of aromatic carboxylic acids is 1. The van der Waals surface area contributed by atoms with Crippen molar-refractivity contribution >= 4 is 17.6 Å². The van der Waals surface area contributed by atoms with Gasteiger partial charge in [-0.2, -0.15) is 5.10 Å². The lowest BCUT2D eigenvalue weighted by atomic mass is 10.1. The van der Waals surface area contributed by atoms with Gasteiger partial charge in [-0.1, -0.05) is 19.1 Å². The third kappa shape index (κ3) is 2.86. The van der Waals surface area contributed by atoms with E-state index in [0.717, 1.165) is 12.8 Å². The van der Waals surface area contributed by atoms with E-state index in [0.29, 0.717) is 17.3 Å². The summed E-state index contributed by atoms with van der Waals surface area (Å²) in [5.74, 6) is -0.626. The van der Waals surface area contributed by atoms with Gasteiger partial charge < -0.3 is 10.4 Å². The van der Waals surface area contributed by atoms with Crippen LogP contribution >= 0.6 is 0 Å². The van der Waals surface area contributed by atoms with Gasteiger partial charge in [0, 0.05) is 12.1 Å². The van der Waals surface area contributed by atoms with Crippen molar-refractivity contribution in [3.8, 4) is 5.69 Å². The van der Waals surface area contributed by atoms with Crippen LogP contribution in [0.5, 0.6) is 0 Å². The minimum absolute atomic E-state index is 0.0134. The van der Waals surface area contributed by atoms with Gasteiger partial charge in [0.25, 0.3) is 0 Å². The molecule has 1 aromatic heterocycles. The van der Waals surface area contributed by atoms with Crippen LogP contribution in [0.2, 0.25) is 0 Å². The fourth-order valence-corrected chi connectivity index (χ4v) is 2.41. The van der Waals surface area contributed by atoms with Gasteiger partial charge in [-0.3, -0.25) is 4.79 Å². The van der Waals surface area contributed by atoms with E-state index in [4.69, 9.17) is 5.11 Å². The summed E-state index contributed by atoms with van der Waals surface area (Å²) in [6.07, 6.45) is 3.79. The van der Waals surface area contributed by atoms with E-state index in [2.05, 4.69) is 10.4 Å². The summed E-state index contributed by atoms with van der Waals surface area (Å²) in [7, 11) is 0. The second kappa shape index (κ2) is 5.63. The molecule has 2 aromatic rings. The lowest BCUT2D eigenvalue weighted by molar-refractivity contribution is -0.119. The number of rotatable bonds is 5. The summed E-state index contributed by atoms with van der Waals surface area (Å²) < 4.78 is 1.46. The summed E-state index contributed by atoms with van der Waals surface area (Å²) in [6.45, 7) is 1.94. The lowest BCUT2D eigenvalue weighted by Gasteiger charge is -2.14. The van der Waals surface area contributed by atoms with E-state index in [1.54, 1.807) is 18.3 Å². The number of hydrogen-bond acceptors (Lipinski definition) is 3. The molecule has 1 aliphatic rings. The number of anilines is 1. The predicted molar refractivity (Wildman–Crippen MR) is 81.0 cm³/mol. The number of nitrogens with one attached hydrogen (secondary N) is 1. The van der Waals surface area contributed by atoms with Gasteiger partial charge >= 0.3 is 5.97 Å². The first-order chi connectivity index (χ1) is 10.6. The molecule has 0 spiro atoms. The summed E-state index contributed by atoms with van der Waals surface area (Å²) in [5, 5.41) is 15.9. The average Bonchev–Trinajstić information content (AvgIpc) is 3.23. The molecule has 6 heteroatoms. The number of nitrogens with zero attached hydrogens (tertiary/aromatic N) is 2. The Morgan fingerprint density at radius 2 is 2.05 bits per heavy atom. The zero-order valence-corrected chi connectivity index (χ0v) is 12.2. The van der Waals surface area contributed by atoms with E-state index in [9.17, 15) is 9.59 Å². The Balaban J connectivity index is 1.85. The Hall–Kier alpha value is -2.63. The Morgan fingerprint density at radius 3 is 2.68 bits per heavy atom. The molecule has 0 bridgehead atoms. The highest BCUT2D eigenvalue weighted by Gasteiger charge is 2.32. The van der Waals surface area contributed by atoms with Crippen LogP contribution in [0.4, 0.5) is 5.69 Å². The maximum atomic E-state index is 12.3. The Labute approximate surface area is 127 Å².